The second-order valence-corrected chi connectivity index (χ2v) is 25.3. The average Bonchev–Trinajstić information content (AvgIpc) is 0.731. The van der Waals surface area contributed by atoms with Crippen LogP contribution in [-0.2, 0) is 144 Å². The molecule has 30 atom stereocenters. The number of carboxylic acid groups (broad SMARTS) is 3. The maximum absolute atomic E-state index is 11.7. The molecule has 51 nitrogen and oxygen atoms in total. The predicted octanol–water partition coefficient (Wildman–Crippen LogP) is -14.1. The van der Waals surface area contributed by atoms with Crippen molar-refractivity contribution in [2.45, 2.75) is 204 Å². The number of aliphatic hydroxyl groups is 12. The van der Waals surface area contributed by atoms with Crippen molar-refractivity contribution in [2.75, 3.05) is 62.5 Å². The summed E-state index contributed by atoms with van der Waals surface area (Å²) >= 11 is 0. The molecule has 0 aromatic heterocycles. The van der Waals surface area contributed by atoms with Gasteiger partial charge in [-0.2, -0.15) is 25.3 Å². The van der Waals surface area contributed by atoms with E-state index in [1.807, 2.05) is 0 Å². The minimum absolute atomic E-state index is 0.720. The lowest BCUT2D eigenvalue weighted by Crippen LogP contribution is -2.75. The van der Waals surface area contributed by atoms with Gasteiger partial charge in [0.25, 0.3) is 0 Å². The number of amides is 3. The monoisotopic (exact) mass is 1560 g/mol. The molecule has 6 aliphatic heterocycles. The number of aliphatic hydroxyl groups excluding tert-OH is 11. The van der Waals surface area contributed by atoms with Gasteiger partial charge in [0.15, 0.2) is 56.1 Å². The van der Waals surface area contributed by atoms with E-state index in [2.05, 4.69) is 28.5 Å². The van der Waals surface area contributed by atoms with E-state index in [0.717, 1.165) is 63.4 Å². The highest BCUT2D eigenvalue weighted by atomic mass is 32.3. The molecule has 6 aliphatic rings. The highest BCUT2D eigenvalue weighted by Gasteiger charge is 2.67. The fourth-order valence-electron chi connectivity index (χ4n) is 10.9. The van der Waals surface area contributed by atoms with E-state index in [-0.39, 0.29) is 0 Å². The SMILES string of the molecule is CO[C@@H]1OC(CO)[C@](O[C@@H]2OC(C(=O)O)[C@@H](OC)[C@H](O)C2O)(OS(=O)(=O)O)[C@H](O)C1NC(C)=O.CO[C@@H]1OC(CO)[C@](O[C@@H]2OC(C(=O)O)[C@@H](OC)[C@H](O)C2O)(OS(=O)(=O)O)[C@H](O)C1NC(C)=O.CO[C@@H]1OC(COS(=O)(=O)O)[C@@](O)(O[C@@H]2OC(C(=O)O)[C@@H](OC)[C@H](O)C2O)[C@H](O)C1NC(C)=O. The zero-order valence-electron chi connectivity index (χ0n) is 54.2. The minimum atomic E-state index is -5.53. The topological polar surface area (TPSA) is 771 Å². The van der Waals surface area contributed by atoms with Crippen molar-refractivity contribution in [2.24, 2.45) is 0 Å². The molecule has 0 spiro atoms. The van der Waals surface area contributed by atoms with Gasteiger partial charge in [0.1, 0.15) is 116 Å². The van der Waals surface area contributed by atoms with E-state index in [1.165, 1.54) is 0 Å². The van der Waals surface area contributed by atoms with Crippen molar-refractivity contribution >= 4 is 66.8 Å². The van der Waals surface area contributed by atoms with Crippen LogP contribution >= 0.6 is 0 Å². The smallest absolute Gasteiger partial charge is 0.400 e. The molecule has 0 saturated carbocycles. The molecule has 6 saturated heterocycles. The molecule has 0 radical (unpaired) electrons. The number of carboxylic acids is 3. The summed E-state index contributed by atoms with van der Waals surface area (Å²) in [6, 6.07) is -4.86. The van der Waals surface area contributed by atoms with Crippen LogP contribution < -0.4 is 16.0 Å². The first-order valence-electron chi connectivity index (χ1n) is 28.8. The van der Waals surface area contributed by atoms with E-state index in [1.54, 1.807) is 0 Å². The van der Waals surface area contributed by atoms with Crippen LogP contribution in [0, 0.1) is 0 Å². The Morgan fingerprint density at radius 2 is 0.667 bits per heavy atom. The van der Waals surface area contributed by atoms with E-state index < -0.39 is 270 Å². The van der Waals surface area contributed by atoms with Gasteiger partial charge in [-0.25, -0.2) is 26.9 Å². The van der Waals surface area contributed by atoms with Crippen molar-refractivity contribution in [1.82, 2.24) is 16.0 Å². The van der Waals surface area contributed by atoms with Gasteiger partial charge in [0.2, 0.25) is 35.1 Å². The number of hydrogen-bond acceptors (Lipinski definition) is 42. The van der Waals surface area contributed by atoms with Crippen LogP contribution in [0.1, 0.15) is 20.8 Å². The van der Waals surface area contributed by atoms with Crippen molar-refractivity contribution in [3.8, 4) is 0 Å². The Labute approximate surface area is 575 Å². The van der Waals surface area contributed by atoms with Crippen LogP contribution in [0.2, 0.25) is 0 Å². The summed E-state index contributed by atoms with van der Waals surface area (Å²) in [6.07, 6.45) is -46.9. The molecule has 21 N–H and O–H groups in total. The lowest BCUT2D eigenvalue weighted by atomic mass is 9.92. The van der Waals surface area contributed by atoms with E-state index in [4.69, 9.17) is 75.6 Å². The number of rotatable bonds is 27. The third kappa shape index (κ3) is 21.1. The van der Waals surface area contributed by atoms with Crippen molar-refractivity contribution in [3.63, 3.8) is 0 Å². The molecular weight excluding hydrogens is 1480 g/mol. The van der Waals surface area contributed by atoms with Crippen LogP contribution in [0.5, 0.6) is 0 Å². The Hall–Kier alpha value is -4.65. The molecule has 0 aliphatic carbocycles. The van der Waals surface area contributed by atoms with Crippen LogP contribution in [0.3, 0.4) is 0 Å². The Bertz CT molecular complexity index is 3020. The van der Waals surface area contributed by atoms with Gasteiger partial charge in [0.05, 0.1) is 13.2 Å². The Morgan fingerprint density at radius 1 is 0.392 bits per heavy atom. The Morgan fingerprint density at radius 3 is 0.902 bits per heavy atom. The normalized spacial score (nSPS) is 41.1. The predicted molar refractivity (Wildman–Crippen MR) is 306 cm³/mol. The lowest BCUT2D eigenvalue weighted by molar-refractivity contribution is -0.426. The first-order valence-corrected chi connectivity index (χ1v) is 32.9. The molecule has 6 rings (SSSR count). The summed E-state index contributed by atoms with van der Waals surface area (Å²) in [5.41, 5.74) is 0. The molecule has 594 valence electrons. The van der Waals surface area contributed by atoms with Crippen LogP contribution in [0.4, 0.5) is 0 Å². The number of methoxy groups -OCH3 is 6. The molecule has 0 bridgehead atoms. The summed E-state index contributed by atoms with van der Waals surface area (Å²) in [6.45, 7) is -0.402. The van der Waals surface area contributed by atoms with Gasteiger partial charge in [0, 0.05) is 63.4 Å². The van der Waals surface area contributed by atoms with Gasteiger partial charge in [-0.15, -0.1) is 0 Å². The zero-order valence-corrected chi connectivity index (χ0v) is 56.7. The van der Waals surface area contributed by atoms with E-state index >= 15 is 0 Å². The molecule has 54 heteroatoms. The van der Waals surface area contributed by atoms with Crippen LogP contribution in [0.15, 0.2) is 0 Å². The van der Waals surface area contributed by atoms with Crippen LogP contribution in [0.25, 0.3) is 0 Å². The highest BCUT2D eigenvalue weighted by molar-refractivity contribution is 7.81. The third-order valence-corrected chi connectivity index (χ3v) is 16.8. The van der Waals surface area contributed by atoms with Crippen molar-refractivity contribution in [3.05, 3.63) is 0 Å². The number of aliphatic carboxylic acids is 3. The fourth-order valence-corrected chi connectivity index (χ4v) is 12.4. The second kappa shape index (κ2) is 36.8. The molecule has 3 amide bonds. The fraction of sp³-hybridized carbons (Fsp3) is 0.875. The molecular formula is C48H81N3O48S3. The average molecular weight is 1560 g/mol. The second-order valence-electron chi connectivity index (χ2n) is 22.2. The zero-order chi connectivity index (χ0) is 78.0. The van der Waals surface area contributed by atoms with Gasteiger partial charge in [-0.3, -0.25) is 28.0 Å². The summed E-state index contributed by atoms with van der Waals surface area (Å²) in [5.74, 6) is -16.7. The Balaban J connectivity index is 0.000000324. The first kappa shape index (κ1) is 89.7. The van der Waals surface area contributed by atoms with Gasteiger partial charge >= 0.3 is 49.1 Å². The standard InChI is InChI=1S/3C16H27NO16S/c1-5(18)17-7-12(21)16(24,6(31-14(7)29-3)4-30-34(25,26)27)33-15-9(20)8(19)10(28-2)11(32-15)13(22)23;2*1-5(19)17-7-12(22)16(33-34(25,26)27,6(4-18)30-14(7)29-3)32-15-9(21)8(20)10(28-2)11(31-15)13(23)24/h6-12,14-15,19-21,24H,4H2,1-3H3,(H,17,18)(H,22,23)(H,25,26,27);2*6-12,14-15,18,20-22H,4H2,1-3H3,(H,17,19)(H,23,24)(H,25,26,27)/t6?,7?,8-,9?,10+,11?,12-,14-,15+,16-;2*6?,7?,8-,9?,10+,11?,12-,14-,15+,16+/m111/s1. The minimum Gasteiger partial charge on any atom is -0.479 e. The maximum atomic E-state index is 11.7. The number of carbonyl (C=O) groups excluding carboxylic acids is 3. The van der Waals surface area contributed by atoms with Gasteiger partial charge < -0.3 is 164 Å². The molecule has 0 aromatic rings. The highest BCUT2D eigenvalue weighted by Crippen LogP contribution is 2.42. The maximum Gasteiger partial charge on any atom is 0.400 e. The Kier molecular flexibility index (Phi) is 32.4. The summed E-state index contributed by atoms with van der Waals surface area (Å²) < 4.78 is 186. The number of hydrogen-bond donors (Lipinski definition) is 21. The van der Waals surface area contributed by atoms with Crippen molar-refractivity contribution < 1.29 is 228 Å². The summed E-state index contributed by atoms with van der Waals surface area (Å²) in [7, 11) is -9.80. The quantitative estimate of drug-likeness (QED) is 0.0268. The van der Waals surface area contributed by atoms with Gasteiger partial charge in [-0.1, -0.05) is 0 Å². The van der Waals surface area contributed by atoms with Crippen LogP contribution in [-0.4, -0.2) is 397 Å². The molecule has 0 aromatic carbocycles. The molecule has 12 unspecified atom stereocenters. The van der Waals surface area contributed by atoms with Crippen molar-refractivity contribution in [1.29, 1.82) is 0 Å². The van der Waals surface area contributed by atoms with E-state index in [0.29, 0.717) is 0 Å². The molecule has 6 fully saturated rings. The van der Waals surface area contributed by atoms with Gasteiger partial charge in [-0.05, 0) is 0 Å². The largest absolute Gasteiger partial charge is 0.479 e. The number of carbonyl (C=O) groups is 6. The number of ether oxygens (including phenoxy) is 15. The summed E-state index contributed by atoms with van der Waals surface area (Å²) in [5, 5.41) is 160. The third-order valence-electron chi connectivity index (χ3n) is 15.5. The first-order chi connectivity index (χ1) is 47.1. The van der Waals surface area contributed by atoms with E-state index in [9.17, 15) is 140 Å². The number of nitrogens with one attached hydrogen (secondary N) is 3. The molecule has 102 heavy (non-hydrogen) atoms. The molecule has 6 heterocycles. The lowest BCUT2D eigenvalue weighted by Gasteiger charge is -2.52. The summed E-state index contributed by atoms with van der Waals surface area (Å²) in [4.78, 5) is 69.5.